The third-order valence-corrected chi connectivity index (χ3v) is 8.54. The maximum Gasteiger partial charge on any atom is 0.290 e. The normalized spacial score (nSPS) is 13.6. The van der Waals surface area contributed by atoms with Crippen molar-refractivity contribution in [3.63, 3.8) is 0 Å². The molecule has 45 heavy (non-hydrogen) atoms. The molecular formula is C33H35FN8O3. The molecule has 5 aromatic rings. The fourth-order valence-electron chi connectivity index (χ4n) is 5.63. The van der Waals surface area contributed by atoms with Crippen LogP contribution >= 0.6 is 0 Å². The monoisotopic (exact) mass is 610 g/mol. The smallest absolute Gasteiger partial charge is 0.290 e. The number of anilines is 2. The van der Waals surface area contributed by atoms with Crippen molar-refractivity contribution in [1.82, 2.24) is 29.0 Å². The maximum absolute atomic E-state index is 15.4. The third-order valence-electron chi connectivity index (χ3n) is 8.54. The molecule has 1 aliphatic heterocycles. The highest BCUT2D eigenvalue weighted by Gasteiger charge is 2.22. The molecule has 4 heterocycles. The number of likely N-dealkylation sites (tertiary alicyclic amines) is 1. The highest BCUT2D eigenvalue weighted by atomic mass is 19.1. The highest BCUT2D eigenvalue weighted by Crippen LogP contribution is 2.30. The van der Waals surface area contributed by atoms with Crippen LogP contribution in [0.25, 0.3) is 27.7 Å². The summed E-state index contributed by atoms with van der Waals surface area (Å²) in [4.78, 5) is 29.1. The maximum atomic E-state index is 15.4. The second kappa shape index (κ2) is 11.5. The van der Waals surface area contributed by atoms with E-state index in [0.29, 0.717) is 39.3 Å². The molecule has 0 radical (unpaired) electrons. The number of pyridine rings is 1. The minimum absolute atomic E-state index is 0.0909. The van der Waals surface area contributed by atoms with Crippen LogP contribution in [0.3, 0.4) is 0 Å². The van der Waals surface area contributed by atoms with Gasteiger partial charge in [0.15, 0.2) is 5.82 Å². The number of nitrogens with one attached hydrogen (secondary N) is 2. The molecule has 0 bridgehead atoms. The zero-order chi connectivity index (χ0) is 32.0. The lowest BCUT2D eigenvalue weighted by molar-refractivity contribution is 0.168. The van der Waals surface area contributed by atoms with E-state index in [0.717, 1.165) is 25.3 Å². The van der Waals surface area contributed by atoms with Crippen molar-refractivity contribution in [2.45, 2.75) is 38.8 Å². The molecule has 12 heteroatoms. The summed E-state index contributed by atoms with van der Waals surface area (Å²) in [5, 5.41) is 30.7. The Kier molecular flexibility index (Phi) is 7.71. The molecule has 0 unspecified atom stereocenters. The quantitative estimate of drug-likeness (QED) is 0.215. The first-order valence-electron chi connectivity index (χ1n) is 14.7. The summed E-state index contributed by atoms with van der Waals surface area (Å²) < 4.78 is 19.7. The number of hydrogen-bond acceptors (Lipinski definition) is 8. The zero-order valence-corrected chi connectivity index (χ0v) is 25.6. The lowest BCUT2D eigenvalue weighted by Gasteiger charge is -2.30. The number of halogens is 1. The van der Waals surface area contributed by atoms with Crippen molar-refractivity contribution < 1.29 is 9.50 Å². The molecule has 1 aliphatic rings. The average Bonchev–Trinajstić information content (AvgIpc) is 3.34. The molecule has 232 valence electrons. The van der Waals surface area contributed by atoms with E-state index in [-0.39, 0.29) is 16.6 Å². The van der Waals surface area contributed by atoms with Gasteiger partial charge in [-0.1, -0.05) is 26.0 Å². The van der Waals surface area contributed by atoms with E-state index in [1.54, 1.807) is 61.1 Å². The van der Waals surface area contributed by atoms with Crippen molar-refractivity contribution in [2.24, 2.45) is 14.1 Å². The number of hydrogen-bond donors (Lipinski definition) is 3. The zero-order valence-electron chi connectivity index (χ0n) is 25.6. The van der Waals surface area contributed by atoms with Crippen LogP contribution in [0.1, 0.15) is 37.1 Å². The summed E-state index contributed by atoms with van der Waals surface area (Å²) in [7, 11) is 3.41. The van der Waals surface area contributed by atoms with Gasteiger partial charge in [0.1, 0.15) is 11.5 Å². The van der Waals surface area contributed by atoms with Gasteiger partial charge in [-0.2, -0.15) is 10.2 Å². The summed E-state index contributed by atoms with van der Waals surface area (Å²) in [6.07, 6.45) is 3.97. The number of aliphatic hydroxyl groups excluding tert-OH is 1. The highest BCUT2D eigenvalue weighted by molar-refractivity contribution is 5.85. The van der Waals surface area contributed by atoms with Crippen molar-refractivity contribution in [3.8, 4) is 16.9 Å². The molecule has 3 N–H and O–H groups in total. The van der Waals surface area contributed by atoms with Crippen LogP contribution in [-0.2, 0) is 32.7 Å². The summed E-state index contributed by atoms with van der Waals surface area (Å²) in [6.45, 7) is 6.05. The van der Waals surface area contributed by atoms with Gasteiger partial charge in [0, 0.05) is 55.7 Å². The van der Waals surface area contributed by atoms with Gasteiger partial charge in [0.25, 0.3) is 11.1 Å². The number of fused-ring (bicyclic) bond motifs is 1. The van der Waals surface area contributed by atoms with E-state index < -0.39 is 23.4 Å². The van der Waals surface area contributed by atoms with Crippen molar-refractivity contribution >= 4 is 28.5 Å². The molecule has 0 amide bonds. The van der Waals surface area contributed by atoms with Gasteiger partial charge >= 0.3 is 0 Å². The first-order valence-corrected chi connectivity index (χ1v) is 14.7. The second-order valence-electron chi connectivity index (χ2n) is 12.0. The molecule has 0 saturated carbocycles. The number of benzene rings is 2. The summed E-state index contributed by atoms with van der Waals surface area (Å²) >= 11 is 0. The lowest BCUT2D eigenvalue weighted by Crippen LogP contribution is -2.36. The van der Waals surface area contributed by atoms with E-state index >= 15 is 4.39 Å². The Morgan fingerprint density at radius 3 is 2.51 bits per heavy atom. The Hall–Kier alpha value is -4.94. The number of aromatic nitrogens is 5. The minimum atomic E-state index is -0.703. The fraction of sp³-hybridized carbons (Fsp3) is 0.303. The Balaban J connectivity index is 1.41. The molecule has 1 saturated heterocycles. The second-order valence-corrected chi connectivity index (χ2v) is 12.0. The van der Waals surface area contributed by atoms with Gasteiger partial charge in [0.2, 0.25) is 0 Å². The molecule has 0 atom stereocenters. The lowest BCUT2D eigenvalue weighted by atomic mass is 9.85. The van der Waals surface area contributed by atoms with Gasteiger partial charge in [-0.25, -0.2) is 9.07 Å². The number of rotatable bonds is 9. The van der Waals surface area contributed by atoms with Crippen LogP contribution < -0.4 is 16.4 Å². The van der Waals surface area contributed by atoms with Gasteiger partial charge in [-0.05, 0) is 60.8 Å². The Morgan fingerprint density at radius 2 is 1.82 bits per heavy atom. The fourth-order valence-corrected chi connectivity index (χ4v) is 5.63. The van der Waals surface area contributed by atoms with E-state index in [9.17, 15) is 14.7 Å². The average molecular weight is 611 g/mol. The van der Waals surface area contributed by atoms with Gasteiger partial charge in [0.05, 0.1) is 29.1 Å². The van der Waals surface area contributed by atoms with Crippen molar-refractivity contribution in [3.05, 3.63) is 98.1 Å². The van der Waals surface area contributed by atoms with Crippen LogP contribution in [0, 0.1) is 11.2 Å². The summed E-state index contributed by atoms with van der Waals surface area (Å²) in [5.74, 6) is -0.160. The Labute approximate surface area is 258 Å². The molecule has 6 rings (SSSR count). The van der Waals surface area contributed by atoms with E-state index in [1.807, 2.05) is 13.1 Å². The first-order chi connectivity index (χ1) is 21.5. The Bertz CT molecular complexity index is 2070. The number of nitrogens with zero attached hydrogens (tertiary/aromatic N) is 6. The topological polar surface area (TPSA) is 134 Å². The third kappa shape index (κ3) is 5.47. The predicted molar refractivity (Wildman–Crippen MR) is 172 cm³/mol. The standard InChI is InChI=1S/C33H35FN8O3/c1-33(2,19-35)21-13-20-9-12-42(32(45)30(20)25(34)14-21)28-8-5-7-23(24(28)18-43)26-16-27(31(44)40(4)37-26)36-29-15-22(39(3)38-29)17-41-10-6-11-41/h5,7-9,12-16,19,35,43H,6,10-11,17-18H2,1-4H3,(H,36,38). The van der Waals surface area contributed by atoms with Crippen LogP contribution in [0.15, 0.2) is 64.3 Å². The van der Waals surface area contributed by atoms with Crippen molar-refractivity contribution in [1.29, 1.82) is 5.41 Å². The molecule has 1 fully saturated rings. The Morgan fingerprint density at radius 1 is 1.04 bits per heavy atom. The van der Waals surface area contributed by atoms with Crippen LogP contribution in [0.5, 0.6) is 0 Å². The van der Waals surface area contributed by atoms with Gasteiger partial charge in [-0.3, -0.25) is 23.7 Å². The van der Waals surface area contributed by atoms with Crippen LogP contribution in [0.2, 0.25) is 0 Å². The largest absolute Gasteiger partial charge is 0.392 e. The van der Waals surface area contributed by atoms with Gasteiger partial charge in [-0.15, -0.1) is 0 Å². The minimum Gasteiger partial charge on any atom is -0.392 e. The molecule has 3 aromatic heterocycles. The molecule has 11 nitrogen and oxygen atoms in total. The number of aliphatic hydroxyl groups is 1. The molecule has 0 aliphatic carbocycles. The predicted octanol–water partition coefficient (Wildman–Crippen LogP) is 3.99. The van der Waals surface area contributed by atoms with E-state index in [1.165, 1.54) is 35.0 Å². The first kappa shape index (κ1) is 30.1. The van der Waals surface area contributed by atoms with E-state index in [2.05, 4.69) is 20.4 Å². The van der Waals surface area contributed by atoms with E-state index in [4.69, 9.17) is 5.41 Å². The molecular weight excluding hydrogens is 575 g/mol. The molecule has 0 spiro atoms. The van der Waals surface area contributed by atoms with Crippen molar-refractivity contribution in [2.75, 3.05) is 18.4 Å². The number of aryl methyl sites for hydroxylation is 2. The van der Waals surface area contributed by atoms with Gasteiger partial charge < -0.3 is 15.8 Å². The van der Waals surface area contributed by atoms with Crippen LogP contribution in [0.4, 0.5) is 15.9 Å². The van der Waals surface area contributed by atoms with Crippen LogP contribution in [-0.4, -0.2) is 53.4 Å². The summed E-state index contributed by atoms with van der Waals surface area (Å²) in [6, 6.07) is 13.3. The molecule has 2 aromatic carbocycles. The summed E-state index contributed by atoms with van der Waals surface area (Å²) in [5.41, 5.74) is 1.84. The SMILES string of the molecule is Cn1nc(Nc2cc(-c3cccc(-n4ccc5cc(C(C)(C)C=N)cc(F)c5c4=O)c3CO)nn(C)c2=O)cc1CN1CCC1.